The summed E-state index contributed by atoms with van der Waals surface area (Å²) in [6, 6.07) is 21.5. The van der Waals surface area contributed by atoms with Gasteiger partial charge in [-0.2, -0.15) is 0 Å². The summed E-state index contributed by atoms with van der Waals surface area (Å²) in [5.41, 5.74) is 2.30. The van der Waals surface area contributed by atoms with Crippen LogP contribution in [0.2, 0.25) is 0 Å². The molecule has 0 unspecified atom stereocenters. The molecule has 122 valence electrons. The predicted octanol–water partition coefficient (Wildman–Crippen LogP) is 3.17. The lowest BCUT2D eigenvalue weighted by Gasteiger charge is -2.15. The summed E-state index contributed by atoms with van der Waals surface area (Å²) >= 11 is 0. The maximum atomic E-state index is 5.75. The van der Waals surface area contributed by atoms with E-state index in [1.807, 2.05) is 43.4 Å². The third kappa shape index (κ3) is 2.85. The second-order valence-corrected chi connectivity index (χ2v) is 5.86. The summed E-state index contributed by atoms with van der Waals surface area (Å²) < 4.78 is 11.5. The molecule has 0 amide bonds. The molecule has 2 aromatic carbocycles. The zero-order valence-corrected chi connectivity index (χ0v) is 13.5. The number of amidine groups is 2. The molecular weight excluding hydrogens is 302 g/mol. The van der Waals surface area contributed by atoms with Crippen molar-refractivity contribution < 1.29 is 9.47 Å². The van der Waals surface area contributed by atoms with Crippen molar-refractivity contribution in [2.24, 2.45) is 9.98 Å². The van der Waals surface area contributed by atoms with E-state index in [9.17, 15) is 0 Å². The average Bonchev–Trinajstić information content (AvgIpc) is 3.33. The molecule has 0 aliphatic carbocycles. The minimum absolute atomic E-state index is 0.0237. The van der Waals surface area contributed by atoms with Crippen molar-refractivity contribution in [1.29, 1.82) is 0 Å². The summed E-state index contributed by atoms with van der Waals surface area (Å²) in [6.45, 7) is 1.08. The van der Waals surface area contributed by atoms with Crippen LogP contribution < -0.4 is 0 Å². The first-order valence-electron chi connectivity index (χ1n) is 8.06. The van der Waals surface area contributed by atoms with Gasteiger partial charge in [0.2, 0.25) is 0 Å². The molecule has 0 saturated heterocycles. The first kappa shape index (κ1) is 14.8. The molecule has 0 spiro atoms. The van der Waals surface area contributed by atoms with Crippen LogP contribution in [-0.2, 0) is 9.47 Å². The number of rotatable bonds is 2. The van der Waals surface area contributed by atoms with Crippen molar-refractivity contribution in [2.45, 2.75) is 12.1 Å². The van der Waals surface area contributed by atoms with Crippen LogP contribution in [0.15, 0.2) is 70.6 Å². The molecule has 0 fully saturated rings. The highest BCUT2D eigenvalue weighted by molar-refractivity contribution is 5.94. The maximum absolute atomic E-state index is 5.75. The summed E-state index contributed by atoms with van der Waals surface area (Å²) in [5.74, 6) is 0. The van der Waals surface area contributed by atoms with Gasteiger partial charge in [-0.05, 0) is 11.1 Å². The van der Waals surface area contributed by atoms with Crippen molar-refractivity contribution in [2.75, 3.05) is 20.3 Å². The van der Waals surface area contributed by atoms with Gasteiger partial charge in [-0.3, -0.25) is 4.90 Å². The Morgan fingerprint density at radius 3 is 1.58 bits per heavy atom. The van der Waals surface area contributed by atoms with Gasteiger partial charge in [-0.15, -0.1) is 0 Å². The van der Waals surface area contributed by atoms with E-state index in [2.05, 4.69) is 34.3 Å². The molecule has 0 bridgehead atoms. The highest BCUT2D eigenvalue weighted by Gasteiger charge is 2.30. The monoisotopic (exact) mass is 321 g/mol. The van der Waals surface area contributed by atoms with Crippen LogP contribution in [0.1, 0.15) is 23.2 Å². The van der Waals surface area contributed by atoms with Crippen molar-refractivity contribution >= 4 is 12.0 Å². The normalized spacial score (nSPS) is 22.4. The van der Waals surface area contributed by atoms with Gasteiger partial charge in [0.15, 0.2) is 0 Å². The van der Waals surface area contributed by atoms with E-state index in [4.69, 9.17) is 9.47 Å². The minimum Gasteiger partial charge on any atom is -0.462 e. The van der Waals surface area contributed by atoms with Crippen molar-refractivity contribution in [1.82, 2.24) is 4.90 Å². The van der Waals surface area contributed by atoms with E-state index in [0.29, 0.717) is 25.3 Å². The van der Waals surface area contributed by atoms with Gasteiger partial charge in [-0.1, -0.05) is 60.7 Å². The van der Waals surface area contributed by atoms with Gasteiger partial charge in [-0.25, -0.2) is 9.98 Å². The summed E-state index contributed by atoms with van der Waals surface area (Å²) in [5, 5.41) is 0. The van der Waals surface area contributed by atoms with Gasteiger partial charge in [0, 0.05) is 7.05 Å². The second-order valence-electron chi connectivity index (χ2n) is 5.86. The van der Waals surface area contributed by atoms with Gasteiger partial charge in [0.05, 0.1) is 0 Å². The Morgan fingerprint density at radius 2 is 1.17 bits per heavy atom. The molecule has 0 saturated carbocycles. The van der Waals surface area contributed by atoms with Crippen LogP contribution in [-0.4, -0.2) is 37.2 Å². The van der Waals surface area contributed by atoms with Crippen LogP contribution in [0.4, 0.5) is 0 Å². The predicted molar refractivity (Wildman–Crippen MR) is 92.9 cm³/mol. The topological polar surface area (TPSA) is 46.4 Å². The first-order chi connectivity index (χ1) is 11.8. The highest BCUT2D eigenvalue weighted by atomic mass is 16.5. The Bertz CT molecular complexity index is 693. The summed E-state index contributed by atoms with van der Waals surface area (Å²) in [7, 11) is 1.87. The Kier molecular flexibility index (Phi) is 3.91. The number of ether oxygens (including phenoxy) is 2. The maximum Gasteiger partial charge on any atom is 0.296 e. The van der Waals surface area contributed by atoms with E-state index in [-0.39, 0.29) is 12.1 Å². The number of benzene rings is 2. The van der Waals surface area contributed by atoms with Gasteiger partial charge in [0.25, 0.3) is 12.0 Å². The lowest BCUT2D eigenvalue weighted by Crippen LogP contribution is -2.33. The second kappa shape index (κ2) is 6.35. The lowest BCUT2D eigenvalue weighted by atomic mass is 10.1. The Hall–Kier alpha value is -2.82. The molecule has 0 radical (unpaired) electrons. The van der Waals surface area contributed by atoms with E-state index in [1.54, 1.807) is 4.90 Å². The van der Waals surface area contributed by atoms with Crippen molar-refractivity contribution in [3.63, 3.8) is 0 Å². The quantitative estimate of drug-likeness (QED) is 0.853. The number of hydrogen-bond donors (Lipinski definition) is 0. The zero-order chi connectivity index (χ0) is 16.4. The first-order valence-corrected chi connectivity index (χ1v) is 8.06. The third-order valence-corrected chi connectivity index (χ3v) is 4.22. The van der Waals surface area contributed by atoms with E-state index in [0.717, 1.165) is 11.1 Å². The third-order valence-electron chi connectivity index (χ3n) is 4.22. The number of hydrogen-bond acceptors (Lipinski definition) is 5. The lowest BCUT2D eigenvalue weighted by molar-refractivity contribution is 0.256. The fourth-order valence-corrected chi connectivity index (χ4v) is 2.86. The Labute approximate surface area is 141 Å². The molecule has 2 aliphatic heterocycles. The van der Waals surface area contributed by atoms with E-state index >= 15 is 0 Å². The van der Waals surface area contributed by atoms with Crippen LogP contribution in [0.3, 0.4) is 0 Å². The van der Waals surface area contributed by atoms with Crippen LogP contribution in [0.25, 0.3) is 0 Å². The average molecular weight is 321 g/mol. The fourth-order valence-electron chi connectivity index (χ4n) is 2.86. The smallest absolute Gasteiger partial charge is 0.296 e. The molecule has 24 heavy (non-hydrogen) atoms. The van der Waals surface area contributed by atoms with Crippen LogP contribution >= 0.6 is 0 Å². The molecular formula is C19H19N3O2. The highest BCUT2D eigenvalue weighted by Crippen LogP contribution is 2.26. The Morgan fingerprint density at radius 1 is 0.750 bits per heavy atom. The number of nitrogens with zero attached hydrogens (tertiary/aromatic N) is 3. The van der Waals surface area contributed by atoms with E-state index in [1.165, 1.54) is 0 Å². The molecule has 0 N–H and O–H groups in total. The van der Waals surface area contributed by atoms with Gasteiger partial charge < -0.3 is 9.47 Å². The van der Waals surface area contributed by atoms with Gasteiger partial charge >= 0.3 is 0 Å². The zero-order valence-electron chi connectivity index (χ0n) is 13.5. The minimum atomic E-state index is 0.0237. The van der Waals surface area contributed by atoms with Crippen molar-refractivity contribution in [3.05, 3.63) is 71.8 Å². The van der Waals surface area contributed by atoms with Crippen LogP contribution in [0, 0.1) is 0 Å². The van der Waals surface area contributed by atoms with E-state index < -0.39 is 0 Å². The molecule has 5 heteroatoms. The van der Waals surface area contributed by atoms with Crippen molar-refractivity contribution in [3.8, 4) is 0 Å². The SMILES string of the molecule is CN(C1=N[C@H](c2ccccc2)CO1)C1=N[C@H](c2ccccc2)CO1. The molecule has 2 aliphatic rings. The molecule has 0 aromatic heterocycles. The molecule has 4 rings (SSSR count). The summed E-state index contributed by atoms with van der Waals surface area (Å²) in [6.07, 6.45) is 0. The standard InChI is InChI=1S/C19H19N3O2/c1-22(18-20-16(12-23-18)14-8-4-2-5-9-14)19-21-17(13-24-19)15-10-6-3-7-11-15/h2-11,16-17H,12-13H2,1H3/t16-,17-/m0/s1. The molecule has 2 atom stereocenters. The largest absolute Gasteiger partial charge is 0.462 e. The summed E-state index contributed by atoms with van der Waals surface area (Å²) in [4.78, 5) is 11.1. The fraction of sp³-hybridized carbons (Fsp3) is 0.263. The Balaban J connectivity index is 1.49. The number of aliphatic imine (C=N–C) groups is 2. The molecule has 2 aromatic rings. The van der Waals surface area contributed by atoms with Gasteiger partial charge in [0.1, 0.15) is 25.3 Å². The molecule has 5 nitrogen and oxygen atoms in total. The van der Waals surface area contributed by atoms with Crippen LogP contribution in [0.5, 0.6) is 0 Å². The molecule has 2 heterocycles.